The van der Waals surface area contributed by atoms with E-state index in [1.807, 2.05) is 13.8 Å². The van der Waals surface area contributed by atoms with Crippen molar-refractivity contribution in [2.75, 3.05) is 18.9 Å². The van der Waals surface area contributed by atoms with Gasteiger partial charge in [0.15, 0.2) is 0 Å². The molecule has 0 aliphatic carbocycles. The van der Waals surface area contributed by atoms with Crippen LogP contribution in [0.4, 0.5) is 11.4 Å². The van der Waals surface area contributed by atoms with Crippen LogP contribution in [0, 0.1) is 10.1 Å². The van der Waals surface area contributed by atoms with E-state index in [-0.39, 0.29) is 22.7 Å². The summed E-state index contributed by atoms with van der Waals surface area (Å²) in [5.41, 5.74) is 5.92. The van der Waals surface area contributed by atoms with Gasteiger partial charge in [0.1, 0.15) is 5.69 Å². The zero-order valence-corrected chi connectivity index (χ0v) is 12.6. The van der Waals surface area contributed by atoms with Crippen LogP contribution in [0.5, 0.6) is 0 Å². The number of hydrogen-bond acceptors (Lipinski definition) is 5. The van der Waals surface area contributed by atoms with Gasteiger partial charge in [0, 0.05) is 30.8 Å². The van der Waals surface area contributed by atoms with Crippen LogP contribution < -0.4 is 16.4 Å². The van der Waals surface area contributed by atoms with E-state index in [4.69, 9.17) is 5.73 Å². The number of anilines is 1. The first-order chi connectivity index (χ1) is 9.92. The van der Waals surface area contributed by atoms with Crippen LogP contribution >= 0.6 is 0 Å². The summed E-state index contributed by atoms with van der Waals surface area (Å²) in [7, 11) is 1.48. The predicted molar refractivity (Wildman–Crippen MR) is 82.5 cm³/mol. The Hall–Kier alpha value is -2.15. The van der Waals surface area contributed by atoms with E-state index < -0.39 is 4.92 Å². The monoisotopic (exact) mass is 294 g/mol. The van der Waals surface area contributed by atoms with E-state index >= 15 is 0 Å². The largest absolute Gasteiger partial charge is 0.373 e. The zero-order chi connectivity index (χ0) is 16.0. The van der Waals surface area contributed by atoms with Gasteiger partial charge in [-0.05, 0) is 25.0 Å². The number of amides is 1. The van der Waals surface area contributed by atoms with E-state index in [1.165, 1.54) is 13.1 Å². The Labute approximate surface area is 124 Å². The van der Waals surface area contributed by atoms with Crippen LogP contribution in [0.2, 0.25) is 0 Å². The molecule has 0 aliphatic rings. The molecular weight excluding hydrogens is 272 g/mol. The summed E-state index contributed by atoms with van der Waals surface area (Å²) in [5, 5.41) is 16.9. The molecule has 4 N–H and O–H groups in total. The second-order valence-electron chi connectivity index (χ2n) is 4.88. The fourth-order valence-electron chi connectivity index (χ4n) is 2.13. The van der Waals surface area contributed by atoms with Gasteiger partial charge < -0.3 is 16.4 Å². The van der Waals surface area contributed by atoms with Gasteiger partial charge in [-0.2, -0.15) is 0 Å². The molecule has 0 radical (unpaired) electrons. The second kappa shape index (κ2) is 7.03. The fraction of sp³-hybridized carbons (Fsp3) is 0.500. The molecule has 0 heterocycles. The van der Waals surface area contributed by atoms with Crippen LogP contribution in [0.3, 0.4) is 0 Å². The quantitative estimate of drug-likeness (QED) is 0.525. The Bertz CT molecular complexity index is 519. The lowest BCUT2D eigenvalue weighted by Crippen LogP contribution is -2.44. The number of nitrogens with two attached hydrogens (primary N) is 1. The van der Waals surface area contributed by atoms with Gasteiger partial charge in [0.25, 0.3) is 11.6 Å². The van der Waals surface area contributed by atoms with Crippen LogP contribution in [0.1, 0.15) is 37.0 Å². The lowest BCUT2D eigenvalue weighted by atomic mass is 9.92. The van der Waals surface area contributed by atoms with E-state index in [9.17, 15) is 14.9 Å². The van der Waals surface area contributed by atoms with E-state index in [1.54, 1.807) is 12.1 Å². The van der Waals surface area contributed by atoms with Crippen LogP contribution in [0.25, 0.3) is 0 Å². The van der Waals surface area contributed by atoms with E-state index in [0.717, 1.165) is 12.8 Å². The highest BCUT2D eigenvalue weighted by atomic mass is 16.6. The molecule has 1 rings (SSSR count). The second-order valence-corrected chi connectivity index (χ2v) is 4.88. The highest BCUT2D eigenvalue weighted by Crippen LogP contribution is 2.30. The van der Waals surface area contributed by atoms with Crippen molar-refractivity contribution in [3.63, 3.8) is 0 Å². The number of nitrogens with one attached hydrogen (secondary N) is 2. The summed E-state index contributed by atoms with van der Waals surface area (Å²) in [4.78, 5) is 22.3. The molecule has 0 saturated heterocycles. The van der Waals surface area contributed by atoms with Gasteiger partial charge in [-0.15, -0.1) is 0 Å². The number of benzene rings is 1. The lowest BCUT2D eigenvalue weighted by molar-refractivity contribution is -0.384. The topological polar surface area (TPSA) is 110 Å². The predicted octanol–water partition coefficient (Wildman–Crippen LogP) is 1.88. The molecular formula is C14H22N4O3. The fourth-order valence-corrected chi connectivity index (χ4v) is 2.13. The Balaban J connectivity index is 3.24. The van der Waals surface area contributed by atoms with Crippen molar-refractivity contribution in [1.29, 1.82) is 0 Å². The molecule has 1 aromatic rings. The smallest absolute Gasteiger partial charge is 0.293 e. The first kappa shape index (κ1) is 16.9. The number of carbonyl (C=O) groups excluding carboxylic acids is 1. The first-order valence-electron chi connectivity index (χ1n) is 6.91. The number of carbonyl (C=O) groups is 1. The molecule has 7 heteroatoms. The van der Waals surface area contributed by atoms with Crippen molar-refractivity contribution < 1.29 is 9.72 Å². The number of hydrogen-bond donors (Lipinski definition) is 3. The minimum Gasteiger partial charge on any atom is -0.373 e. The third kappa shape index (κ3) is 3.69. The SMILES string of the molecule is CCC(CC)(CN)Nc1ccc(C(=O)NC)cc1[N+](=O)[O-]. The van der Waals surface area contributed by atoms with Crippen molar-refractivity contribution in [2.45, 2.75) is 32.2 Å². The number of nitro groups is 1. The Morgan fingerprint density at radius 3 is 2.43 bits per heavy atom. The highest BCUT2D eigenvalue weighted by Gasteiger charge is 2.27. The minimum absolute atomic E-state index is 0.129. The molecule has 1 amide bonds. The van der Waals surface area contributed by atoms with Gasteiger partial charge in [-0.1, -0.05) is 13.8 Å². The highest BCUT2D eigenvalue weighted by molar-refractivity contribution is 5.95. The van der Waals surface area contributed by atoms with E-state index in [0.29, 0.717) is 12.2 Å². The maximum absolute atomic E-state index is 11.6. The van der Waals surface area contributed by atoms with Gasteiger partial charge in [0.2, 0.25) is 0 Å². The summed E-state index contributed by atoms with van der Waals surface area (Å²) in [6, 6.07) is 4.38. The maximum atomic E-state index is 11.6. The standard InChI is InChI=1S/C14H22N4O3/c1-4-14(5-2,9-15)17-11-7-6-10(13(19)16-3)8-12(11)18(20)21/h6-8,17H,4-5,9,15H2,1-3H3,(H,16,19). The average molecular weight is 294 g/mol. The summed E-state index contributed by atoms with van der Waals surface area (Å²) < 4.78 is 0. The molecule has 0 unspecified atom stereocenters. The average Bonchev–Trinajstić information content (AvgIpc) is 2.52. The number of rotatable bonds is 7. The van der Waals surface area contributed by atoms with Crippen LogP contribution in [-0.2, 0) is 0 Å². The lowest BCUT2D eigenvalue weighted by Gasteiger charge is -2.32. The zero-order valence-electron chi connectivity index (χ0n) is 12.6. The number of nitro benzene ring substituents is 1. The maximum Gasteiger partial charge on any atom is 0.293 e. The van der Waals surface area contributed by atoms with Gasteiger partial charge >= 0.3 is 0 Å². The van der Waals surface area contributed by atoms with Crippen molar-refractivity contribution in [2.24, 2.45) is 5.73 Å². The van der Waals surface area contributed by atoms with Crippen molar-refractivity contribution in [3.8, 4) is 0 Å². The summed E-state index contributed by atoms with van der Waals surface area (Å²) >= 11 is 0. The van der Waals surface area contributed by atoms with Crippen molar-refractivity contribution >= 4 is 17.3 Å². The molecule has 0 aliphatic heterocycles. The normalized spacial score (nSPS) is 11.0. The molecule has 116 valence electrons. The van der Waals surface area contributed by atoms with Crippen molar-refractivity contribution in [3.05, 3.63) is 33.9 Å². The molecule has 0 bridgehead atoms. The third-order valence-electron chi connectivity index (χ3n) is 3.83. The molecule has 1 aromatic carbocycles. The summed E-state index contributed by atoms with van der Waals surface area (Å²) in [6.07, 6.45) is 1.49. The third-order valence-corrected chi connectivity index (χ3v) is 3.83. The molecule has 0 atom stereocenters. The first-order valence-corrected chi connectivity index (χ1v) is 6.91. The van der Waals surface area contributed by atoms with Gasteiger partial charge in [-0.3, -0.25) is 14.9 Å². The van der Waals surface area contributed by atoms with Crippen molar-refractivity contribution in [1.82, 2.24) is 5.32 Å². The minimum atomic E-state index is -0.499. The summed E-state index contributed by atoms with van der Waals surface area (Å²) in [5.74, 6) is -0.360. The molecule has 0 fully saturated rings. The van der Waals surface area contributed by atoms with Gasteiger partial charge in [0.05, 0.1) is 4.92 Å². The Kier molecular flexibility index (Phi) is 5.66. The Morgan fingerprint density at radius 1 is 1.38 bits per heavy atom. The Morgan fingerprint density at radius 2 is 2.00 bits per heavy atom. The number of nitrogens with zero attached hydrogens (tertiary/aromatic N) is 1. The molecule has 0 spiro atoms. The molecule has 7 nitrogen and oxygen atoms in total. The summed E-state index contributed by atoms with van der Waals surface area (Å²) in [6.45, 7) is 4.33. The van der Waals surface area contributed by atoms with Gasteiger partial charge in [-0.25, -0.2) is 0 Å². The van der Waals surface area contributed by atoms with Crippen LogP contribution in [0.15, 0.2) is 18.2 Å². The molecule has 0 aromatic heterocycles. The molecule has 21 heavy (non-hydrogen) atoms. The molecule has 0 saturated carbocycles. The van der Waals surface area contributed by atoms with E-state index in [2.05, 4.69) is 10.6 Å². The van der Waals surface area contributed by atoms with Crippen LogP contribution in [-0.4, -0.2) is 30.0 Å².